The molecule has 0 saturated heterocycles. The van der Waals surface area contributed by atoms with E-state index in [0.717, 1.165) is 25.3 Å². The first-order chi connectivity index (χ1) is 10.7. The average Bonchev–Trinajstić information content (AvgIpc) is 3.34. The van der Waals surface area contributed by atoms with Crippen LogP contribution in [-0.4, -0.2) is 25.2 Å². The SMILES string of the molecule is COC(=O)CC1(NC[C@H]2C[C@H]2c2ccccc2)CCCCC1. The van der Waals surface area contributed by atoms with Gasteiger partial charge in [0.15, 0.2) is 0 Å². The van der Waals surface area contributed by atoms with Crippen LogP contribution in [0.4, 0.5) is 0 Å². The average molecular weight is 301 g/mol. The number of carbonyl (C=O) groups excluding carboxylic acids is 1. The summed E-state index contributed by atoms with van der Waals surface area (Å²) in [7, 11) is 1.49. The van der Waals surface area contributed by atoms with Crippen LogP contribution in [0.5, 0.6) is 0 Å². The highest BCUT2D eigenvalue weighted by atomic mass is 16.5. The van der Waals surface area contributed by atoms with Gasteiger partial charge in [0.1, 0.15) is 0 Å². The number of benzene rings is 1. The van der Waals surface area contributed by atoms with Crippen LogP contribution in [0.15, 0.2) is 30.3 Å². The minimum absolute atomic E-state index is 0.0187. The maximum atomic E-state index is 11.8. The molecule has 3 rings (SSSR count). The lowest BCUT2D eigenvalue weighted by atomic mass is 9.79. The molecule has 0 heterocycles. The van der Waals surface area contributed by atoms with Crippen molar-refractivity contribution in [2.75, 3.05) is 13.7 Å². The summed E-state index contributed by atoms with van der Waals surface area (Å²) in [4.78, 5) is 11.8. The second-order valence-corrected chi connectivity index (χ2v) is 6.99. The highest BCUT2D eigenvalue weighted by Crippen LogP contribution is 2.47. The molecular weight excluding hydrogens is 274 g/mol. The Bertz CT molecular complexity index is 493. The standard InChI is InChI=1S/C19H27NO2/c1-22-18(21)13-19(10-6-3-7-11-19)20-14-16-12-17(16)15-8-4-2-5-9-15/h2,4-5,8-9,16-17,20H,3,6-7,10-14H2,1H3/t16-,17+/m1/s1. The van der Waals surface area contributed by atoms with E-state index in [1.807, 2.05) is 0 Å². The summed E-state index contributed by atoms with van der Waals surface area (Å²) in [6, 6.07) is 10.8. The number of carbonyl (C=O) groups is 1. The second kappa shape index (κ2) is 6.82. The van der Waals surface area contributed by atoms with E-state index in [0.29, 0.717) is 12.3 Å². The van der Waals surface area contributed by atoms with Crippen molar-refractivity contribution in [2.24, 2.45) is 5.92 Å². The number of hydrogen-bond acceptors (Lipinski definition) is 3. The van der Waals surface area contributed by atoms with Gasteiger partial charge in [-0.05, 0) is 43.2 Å². The summed E-state index contributed by atoms with van der Waals surface area (Å²) < 4.78 is 4.91. The summed E-state index contributed by atoms with van der Waals surface area (Å²) in [6.45, 7) is 1.02. The van der Waals surface area contributed by atoms with Crippen molar-refractivity contribution in [3.8, 4) is 0 Å². The van der Waals surface area contributed by atoms with Crippen LogP contribution in [0.3, 0.4) is 0 Å². The van der Waals surface area contributed by atoms with Gasteiger partial charge in [0.05, 0.1) is 13.5 Å². The fourth-order valence-electron chi connectivity index (χ4n) is 3.92. The Morgan fingerprint density at radius 2 is 1.95 bits per heavy atom. The first-order valence-electron chi connectivity index (χ1n) is 8.59. The fourth-order valence-corrected chi connectivity index (χ4v) is 3.92. The zero-order chi connectivity index (χ0) is 15.4. The minimum atomic E-state index is -0.0789. The molecule has 3 nitrogen and oxygen atoms in total. The third-order valence-corrected chi connectivity index (χ3v) is 5.41. The second-order valence-electron chi connectivity index (χ2n) is 6.99. The van der Waals surface area contributed by atoms with Gasteiger partial charge in [-0.1, -0.05) is 49.6 Å². The van der Waals surface area contributed by atoms with Gasteiger partial charge in [0.2, 0.25) is 0 Å². The molecule has 1 N–H and O–H groups in total. The van der Waals surface area contributed by atoms with Crippen molar-refractivity contribution in [2.45, 2.75) is 56.4 Å². The van der Waals surface area contributed by atoms with Gasteiger partial charge in [-0.25, -0.2) is 0 Å². The lowest BCUT2D eigenvalue weighted by Crippen LogP contribution is -2.49. The lowest BCUT2D eigenvalue weighted by molar-refractivity contribution is -0.142. The third kappa shape index (κ3) is 3.70. The Morgan fingerprint density at radius 3 is 2.64 bits per heavy atom. The molecule has 0 aliphatic heterocycles. The molecule has 22 heavy (non-hydrogen) atoms. The minimum Gasteiger partial charge on any atom is -0.469 e. The van der Waals surface area contributed by atoms with Crippen LogP contribution in [0.2, 0.25) is 0 Å². The topological polar surface area (TPSA) is 38.3 Å². The van der Waals surface area contributed by atoms with Crippen molar-refractivity contribution in [1.82, 2.24) is 5.32 Å². The van der Waals surface area contributed by atoms with Gasteiger partial charge < -0.3 is 10.1 Å². The van der Waals surface area contributed by atoms with Crippen LogP contribution in [0.25, 0.3) is 0 Å². The quantitative estimate of drug-likeness (QED) is 0.815. The van der Waals surface area contributed by atoms with Crippen molar-refractivity contribution >= 4 is 5.97 Å². The Kier molecular flexibility index (Phi) is 4.82. The van der Waals surface area contributed by atoms with Crippen LogP contribution in [0, 0.1) is 5.92 Å². The molecule has 0 spiro atoms. The summed E-state index contributed by atoms with van der Waals surface area (Å²) in [6.07, 6.45) is 7.72. The van der Waals surface area contributed by atoms with E-state index >= 15 is 0 Å². The Balaban J connectivity index is 1.55. The van der Waals surface area contributed by atoms with E-state index in [2.05, 4.69) is 35.6 Å². The van der Waals surface area contributed by atoms with Crippen molar-refractivity contribution in [3.63, 3.8) is 0 Å². The summed E-state index contributed by atoms with van der Waals surface area (Å²) in [5.74, 6) is 1.34. The molecule has 0 unspecified atom stereocenters. The number of nitrogens with one attached hydrogen (secondary N) is 1. The predicted molar refractivity (Wildman–Crippen MR) is 87.7 cm³/mol. The molecule has 0 amide bonds. The molecule has 2 aliphatic carbocycles. The smallest absolute Gasteiger partial charge is 0.307 e. The van der Waals surface area contributed by atoms with Crippen LogP contribution in [0.1, 0.15) is 56.4 Å². The van der Waals surface area contributed by atoms with Gasteiger partial charge in [0.25, 0.3) is 0 Å². The Morgan fingerprint density at radius 1 is 1.23 bits per heavy atom. The molecule has 0 radical (unpaired) electrons. The first-order valence-corrected chi connectivity index (χ1v) is 8.59. The van der Waals surface area contributed by atoms with E-state index in [1.54, 1.807) is 0 Å². The van der Waals surface area contributed by atoms with Gasteiger partial charge in [-0.2, -0.15) is 0 Å². The molecule has 3 heteroatoms. The number of hydrogen-bond donors (Lipinski definition) is 1. The lowest BCUT2D eigenvalue weighted by Gasteiger charge is -2.37. The summed E-state index contributed by atoms with van der Waals surface area (Å²) in [5.41, 5.74) is 1.44. The van der Waals surface area contributed by atoms with Gasteiger partial charge in [-0.3, -0.25) is 4.79 Å². The molecule has 2 saturated carbocycles. The molecule has 1 aromatic carbocycles. The van der Waals surface area contributed by atoms with Crippen molar-refractivity contribution < 1.29 is 9.53 Å². The molecule has 2 aliphatic rings. The van der Waals surface area contributed by atoms with Gasteiger partial charge >= 0.3 is 5.97 Å². The van der Waals surface area contributed by atoms with Crippen molar-refractivity contribution in [1.29, 1.82) is 0 Å². The highest BCUT2D eigenvalue weighted by molar-refractivity contribution is 5.70. The van der Waals surface area contributed by atoms with E-state index in [-0.39, 0.29) is 11.5 Å². The molecule has 2 fully saturated rings. The number of rotatable bonds is 6. The maximum Gasteiger partial charge on any atom is 0.307 e. The third-order valence-electron chi connectivity index (χ3n) is 5.41. The van der Waals surface area contributed by atoms with E-state index < -0.39 is 0 Å². The van der Waals surface area contributed by atoms with Crippen LogP contribution < -0.4 is 5.32 Å². The summed E-state index contributed by atoms with van der Waals surface area (Å²) in [5, 5.41) is 3.76. The van der Waals surface area contributed by atoms with Gasteiger partial charge in [-0.15, -0.1) is 0 Å². The molecule has 0 bridgehead atoms. The maximum absolute atomic E-state index is 11.8. The molecule has 1 aromatic rings. The fraction of sp³-hybridized carbons (Fsp3) is 0.632. The van der Waals surface area contributed by atoms with Crippen molar-refractivity contribution in [3.05, 3.63) is 35.9 Å². The van der Waals surface area contributed by atoms with E-state index in [9.17, 15) is 4.79 Å². The Labute approximate surface area is 133 Å². The van der Waals surface area contributed by atoms with E-state index in [4.69, 9.17) is 4.74 Å². The highest BCUT2D eigenvalue weighted by Gasteiger charge is 2.41. The number of ether oxygens (including phenoxy) is 1. The zero-order valence-corrected chi connectivity index (χ0v) is 13.5. The Hall–Kier alpha value is -1.35. The summed E-state index contributed by atoms with van der Waals surface area (Å²) >= 11 is 0. The van der Waals surface area contributed by atoms with Crippen LogP contribution in [-0.2, 0) is 9.53 Å². The largest absolute Gasteiger partial charge is 0.469 e. The molecule has 0 aromatic heterocycles. The number of methoxy groups -OCH3 is 1. The molecular formula is C19H27NO2. The first kappa shape index (κ1) is 15.5. The number of esters is 1. The van der Waals surface area contributed by atoms with Gasteiger partial charge in [0, 0.05) is 5.54 Å². The zero-order valence-electron chi connectivity index (χ0n) is 13.5. The van der Waals surface area contributed by atoms with E-state index in [1.165, 1.54) is 38.4 Å². The normalized spacial score (nSPS) is 26.4. The molecule has 120 valence electrons. The monoisotopic (exact) mass is 301 g/mol. The predicted octanol–water partition coefficient (Wildman–Crippen LogP) is 3.65. The molecule has 2 atom stereocenters. The van der Waals surface area contributed by atoms with Crippen LogP contribution >= 0.6 is 0 Å².